The second-order valence-corrected chi connectivity index (χ2v) is 8.36. The van der Waals surface area contributed by atoms with Crippen LogP contribution in [0.2, 0.25) is 0 Å². The first-order valence-corrected chi connectivity index (χ1v) is 10.2. The summed E-state index contributed by atoms with van der Waals surface area (Å²) in [6.45, 7) is 1.74. The minimum atomic E-state index is -3.58. The summed E-state index contributed by atoms with van der Waals surface area (Å²) in [6, 6.07) is 6.39. The smallest absolute Gasteiger partial charge is 0.251 e. The lowest BCUT2D eigenvalue weighted by Crippen LogP contribution is -2.45. The number of amides is 1. The van der Waals surface area contributed by atoms with Gasteiger partial charge in [0.25, 0.3) is 5.91 Å². The van der Waals surface area contributed by atoms with Gasteiger partial charge in [-0.3, -0.25) is 4.79 Å². The fourth-order valence-electron chi connectivity index (χ4n) is 3.38. The number of hydrogen-bond donors (Lipinski definition) is 3. The Labute approximate surface area is 155 Å². The standard InChI is InChI=1S/C17H25N3O3S.ClH/c21-17(19-15-8-4-10-18-12-15)13-5-3-9-16(11-13)24(22,23)20-14-6-1-2-7-14;/h3,5,9,11,14-15,18,20H,1-2,4,6-8,10,12H2,(H,19,21);1H. The van der Waals surface area contributed by atoms with E-state index in [1.54, 1.807) is 12.1 Å². The van der Waals surface area contributed by atoms with Gasteiger partial charge in [-0.2, -0.15) is 0 Å². The van der Waals surface area contributed by atoms with Crippen LogP contribution in [0.15, 0.2) is 29.2 Å². The van der Waals surface area contributed by atoms with Gasteiger partial charge in [-0.15, -0.1) is 12.4 Å². The molecule has 2 aliphatic rings. The van der Waals surface area contributed by atoms with E-state index in [1.807, 2.05) is 0 Å². The molecule has 6 nitrogen and oxygen atoms in total. The van der Waals surface area contributed by atoms with E-state index in [4.69, 9.17) is 0 Å². The average Bonchev–Trinajstić information content (AvgIpc) is 3.08. The summed E-state index contributed by atoms with van der Waals surface area (Å²) in [5, 5.41) is 6.22. The topological polar surface area (TPSA) is 87.3 Å². The first-order valence-electron chi connectivity index (χ1n) is 8.68. The van der Waals surface area contributed by atoms with Crippen LogP contribution in [0, 0.1) is 0 Å². The van der Waals surface area contributed by atoms with Crippen LogP contribution < -0.4 is 15.4 Å². The van der Waals surface area contributed by atoms with Gasteiger partial charge in [0.1, 0.15) is 0 Å². The van der Waals surface area contributed by atoms with E-state index in [-0.39, 0.29) is 35.3 Å². The number of nitrogens with one attached hydrogen (secondary N) is 3. The lowest BCUT2D eigenvalue weighted by Gasteiger charge is -2.23. The van der Waals surface area contributed by atoms with E-state index in [1.165, 1.54) is 12.1 Å². The lowest BCUT2D eigenvalue weighted by atomic mass is 10.1. The first-order chi connectivity index (χ1) is 11.5. The molecular weight excluding hydrogens is 362 g/mol. The molecule has 0 radical (unpaired) electrons. The quantitative estimate of drug-likeness (QED) is 0.719. The van der Waals surface area contributed by atoms with Gasteiger partial charge in [-0.25, -0.2) is 13.1 Å². The summed E-state index contributed by atoms with van der Waals surface area (Å²) in [7, 11) is -3.58. The van der Waals surface area contributed by atoms with Crippen molar-refractivity contribution in [1.82, 2.24) is 15.4 Å². The van der Waals surface area contributed by atoms with Crippen LogP contribution in [0.1, 0.15) is 48.9 Å². The second-order valence-electron chi connectivity index (χ2n) is 6.65. The Kier molecular flexibility index (Phi) is 7.25. The number of hydrogen-bond acceptors (Lipinski definition) is 4. The monoisotopic (exact) mass is 387 g/mol. The summed E-state index contributed by atoms with van der Waals surface area (Å²) in [4.78, 5) is 12.5. The molecule has 25 heavy (non-hydrogen) atoms. The fourth-order valence-corrected chi connectivity index (χ4v) is 4.73. The predicted octanol–water partition coefficient (Wildman–Crippen LogP) is 1.81. The van der Waals surface area contributed by atoms with Crippen molar-refractivity contribution in [2.45, 2.75) is 55.5 Å². The summed E-state index contributed by atoms with van der Waals surface area (Å²) in [5.41, 5.74) is 0.384. The molecule has 1 unspecified atom stereocenters. The molecule has 1 atom stereocenters. The second kappa shape index (κ2) is 8.98. The van der Waals surface area contributed by atoms with Gasteiger partial charge < -0.3 is 10.6 Å². The molecule has 8 heteroatoms. The van der Waals surface area contributed by atoms with Crippen molar-refractivity contribution in [3.05, 3.63) is 29.8 Å². The van der Waals surface area contributed by atoms with Gasteiger partial charge in [-0.05, 0) is 50.4 Å². The van der Waals surface area contributed by atoms with Gasteiger partial charge in [0.15, 0.2) is 0 Å². The number of benzene rings is 1. The highest BCUT2D eigenvalue weighted by atomic mass is 35.5. The van der Waals surface area contributed by atoms with Crippen molar-refractivity contribution >= 4 is 28.3 Å². The third kappa shape index (κ3) is 5.41. The minimum Gasteiger partial charge on any atom is -0.348 e. The summed E-state index contributed by atoms with van der Waals surface area (Å²) in [6.07, 6.45) is 5.86. The molecule has 140 valence electrons. The first kappa shape index (κ1) is 20.2. The summed E-state index contributed by atoms with van der Waals surface area (Å²) < 4.78 is 27.7. The number of rotatable bonds is 5. The molecule has 0 aromatic heterocycles. The van der Waals surface area contributed by atoms with E-state index >= 15 is 0 Å². The molecule has 3 rings (SSSR count). The predicted molar refractivity (Wildman–Crippen MR) is 99.6 cm³/mol. The number of sulfonamides is 1. The van der Waals surface area contributed by atoms with Crippen LogP contribution in [-0.4, -0.2) is 39.5 Å². The van der Waals surface area contributed by atoms with Crippen LogP contribution in [0.4, 0.5) is 0 Å². The Morgan fingerprint density at radius 2 is 1.80 bits per heavy atom. The van der Waals surface area contributed by atoms with Crippen LogP contribution in [-0.2, 0) is 10.0 Å². The third-order valence-corrected chi connectivity index (χ3v) is 6.23. The van der Waals surface area contributed by atoms with Crippen LogP contribution in [0.3, 0.4) is 0 Å². The van der Waals surface area contributed by atoms with E-state index in [9.17, 15) is 13.2 Å². The van der Waals surface area contributed by atoms with Crippen molar-refractivity contribution in [2.75, 3.05) is 13.1 Å². The van der Waals surface area contributed by atoms with Gasteiger partial charge in [0.2, 0.25) is 10.0 Å². The molecule has 2 fully saturated rings. The lowest BCUT2D eigenvalue weighted by molar-refractivity contribution is 0.0930. The molecule has 1 saturated carbocycles. The molecule has 1 saturated heterocycles. The fraction of sp³-hybridized carbons (Fsp3) is 0.588. The Bertz CT molecular complexity index is 684. The van der Waals surface area contributed by atoms with Crippen molar-refractivity contribution in [1.29, 1.82) is 0 Å². The van der Waals surface area contributed by atoms with Crippen molar-refractivity contribution in [2.24, 2.45) is 0 Å². The molecule has 1 heterocycles. The SMILES string of the molecule is Cl.O=C(NC1CCCNC1)c1cccc(S(=O)(=O)NC2CCCC2)c1. The van der Waals surface area contributed by atoms with E-state index < -0.39 is 10.0 Å². The summed E-state index contributed by atoms with van der Waals surface area (Å²) in [5.74, 6) is -0.221. The van der Waals surface area contributed by atoms with E-state index in [2.05, 4.69) is 15.4 Å². The Hall–Kier alpha value is -1.15. The Morgan fingerprint density at radius 1 is 1.08 bits per heavy atom. The summed E-state index contributed by atoms with van der Waals surface area (Å²) >= 11 is 0. The zero-order chi connectivity index (χ0) is 17.0. The van der Waals surface area contributed by atoms with Crippen LogP contribution in [0.25, 0.3) is 0 Å². The van der Waals surface area contributed by atoms with Crippen molar-refractivity contribution in [3.8, 4) is 0 Å². The molecular formula is C17H26ClN3O3S. The van der Waals surface area contributed by atoms with Gasteiger partial charge in [0, 0.05) is 24.2 Å². The molecule has 1 aromatic rings. The Morgan fingerprint density at radius 3 is 2.48 bits per heavy atom. The highest BCUT2D eigenvalue weighted by molar-refractivity contribution is 7.89. The number of carbonyl (C=O) groups excluding carboxylic acids is 1. The van der Waals surface area contributed by atoms with E-state index in [0.29, 0.717) is 5.56 Å². The molecule has 3 N–H and O–H groups in total. The molecule has 1 aliphatic heterocycles. The minimum absolute atomic E-state index is 0. The molecule has 0 spiro atoms. The third-order valence-electron chi connectivity index (χ3n) is 4.72. The maximum Gasteiger partial charge on any atom is 0.251 e. The van der Waals surface area contributed by atoms with Crippen molar-refractivity contribution < 1.29 is 13.2 Å². The van der Waals surface area contributed by atoms with Gasteiger partial charge >= 0.3 is 0 Å². The number of carbonyl (C=O) groups is 1. The maximum absolute atomic E-state index is 12.5. The van der Waals surface area contributed by atoms with Crippen molar-refractivity contribution in [3.63, 3.8) is 0 Å². The largest absolute Gasteiger partial charge is 0.348 e. The van der Waals surface area contributed by atoms with Gasteiger partial charge in [0.05, 0.1) is 4.90 Å². The highest BCUT2D eigenvalue weighted by Crippen LogP contribution is 2.21. The van der Waals surface area contributed by atoms with E-state index in [0.717, 1.165) is 51.6 Å². The van der Waals surface area contributed by atoms with Crippen LogP contribution in [0.5, 0.6) is 0 Å². The highest BCUT2D eigenvalue weighted by Gasteiger charge is 2.24. The van der Waals surface area contributed by atoms with Gasteiger partial charge in [-0.1, -0.05) is 18.9 Å². The molecule has 1 amide bonds. The molecule has 1 aromatic carbocycles. The zero-order valence-electron chi connectivity index (χ0n) is 14.2. The molecule has 0 bridgehead atoms. The average molecular weight is 388 g/mol. The zero-order valence-corrected chi connectivity index (χ0v) is 15.8. The van der Waals surface area contributed by atoms with Crippen LogP contribution >= 0.6 is 12.4 Å². The maximum atomic E-state index is 12.5. The molecule has 1 aliphatic carbocycles. The normalized spacial score (nSPS) is 21.5. The Balaban J connectivity index is 0.00000225. The number of halogens is 1. The number of piperidine rings is 1.